The van der Waals surface area contributed by atoms with E-state index in [1.165, 1.54) is 25.7 Å². The molecule has 1 aromatic rings. The molecule has 4 heteroatoms. The van der Waals surface area contributed by atoms with Crippen LogP contribution in [0.2, 0.25) is 0 Å². The molecule has 2 atom stereocenters. The maximum atomic E-state index is 5.92. The molecule has 1 aliphatic carbocycles. The predicted octanol–water partition coefficient (Wildman–Crippen LogP) is 1.82. The van der Waals surface area contributed by atoms with Crippen LogP contribution < -0.4 is 5.73 Å². The normalized spacial score (nSPS) is 24.4. The second-order valence-electron chi connectivity index (χ2n) is 5.11. The zero-order chi connectivity index (χ0) is 12.8. The first kappa shape index (κ1) is 13.4. The molecule has 0 bridgehead atoms. The Morgan fingerprint density at radius 1 is 1.33 bits per heavy atom. The summed E-state index contributed by atoms with van der Waals surface area (Å²) >= 11 is 0. The Hall–Kier alpha value is -1.00. The van der Waals surface area contributed by atoms with Gasteiger partial charge in [0.15, 0.2) is 0 Å². The molecule has 1 aliphatic rings. The van der Waals surface area contributed by atoms with Crippen molar-refractivity contribution in [2.75, 3.05) is 13.1 Å². The molecule has 0 saturated heterocycles. The van der Waals surface area contributed by atoms with Gasteiger partial charge in [-0.3, -0.25) is 14.9 Å². The summed E-state index contributed by atoms with van der Waals surface area (Å²) in [5.41, 5.74) is 6.98. The minimum Gasteiger partial charge on any atom is -0.330 e. The fourth-order valence-electron chi connectivity index (χ4n) is 3.03. The second-order valence-corrected chi connectivity index (χ2v) is 5.11. The Kier molecular flexibility index (Phi) is 5.08. The molecule has 0 spiro atoms. The predicted molar refractivity (Wildman–Crippen MR) is 72.9 cm³/mol. The fourth-order valence-corrected chi connectivity index (χ4v) is 3.03. The molecule has 1 heterocycles. The van der Waals surface area contributed by atoms with Gasteiger partial charge in [0, 0.05) is 31.2 Å². The number of hydrogen-bond acceptors (Lipinski definition) is 4. The van der Waals surface area contributed by atoms with Gasteiger partial charge in [0.05, 0.1) is 5.69 Å². The van der Waals surface area contributed by atoms with Crippen LogP contribution >= 0.6 is 0 Å². The van der Waals surface area contributed by atoms with Gasteiger partial charge in [-0.15, -0.1) is 0 Å². The van der Waals surface area contributed by atoms with Gasteiger partial charge in [0.1, 0.15) is 0 Å². The molecule has 0 radical (unpaired) electrons. The zero-order valence-corrected chi connectivity index (χ0v) is 11.3. The highest BCUT2D eigenvalue weighted by Crippen LogP contribution is 2.28. The van der Waals surface area contributed by atoms with Crippen molar-refractivity contribution < 1.29 is 0 Å². The maximum Gasteiger partial charge on any atom is 0.0726 e. The number of nitrogens with two attached hydrogens (primary N) is 1. The van der Waals surface area contributed by atoms with Gasteiger partial charge in [-0.25, -0.2) is 0 Å². The van der Waals surface area contributed by atoms with Crippen molar-refractivity contribution in [3.8, 4) is 0 Å². The number of aromatic nitrogens is 2. The Labute approximate surface area is 110 Å². The third-order valence-corrected chi connectivity index (χ3v) is 4.03. The van der Waals surface area contributed by atoms with Gasteiger partial charge < -0.3 is 5.73 Å². The highest BCUT2D eigenvalue weighted by atomic mass is 15.2. The van der Waals surface area contributed by atoms with Crippen LogP contribution in [0.4, 0.5) is 0 Å². The molecular weight excluding hydrogens is 224 g/mol. The van der Waals surface area contributed by atoms with Crippen LogP contribution in [0.1, 0.15) is 38.3 Å². The van der Waals surface area contributed by atoms with Crippen molar-refractivity contribution in [2.24, 2.45) is 11.7 Å². The highest BCUT2D eigenvalue weighted by molar-refractivity contribution is 4.96. The lowest BCUT2D eigenvalue weighted by atomic mass is 9.83. The molecule has 2 unspecified atom stereocenters. The molecule has 1 fully saturated rings. The molecule has 2 rings (SSSR count). The van der Waals surface area contributed by atoms with Crippen LogP contribution in [0.15, 0.2) is 18.6 Å². The van der Waals surface area contributed by atoms with Crippen LogP contribution in [0.3, 0.4) is 0 Å². The minimum absolute atomic E-state index is 0.621. The van der Waals surface area contributed by atoms with Crippen LogP contribution in [0, 0.1) is 5.92 Å². The van der Waals surface area contributed by atoms with E-state index in [4.69, 9.17) is 5.73 Å². The monoisotopic (exact) mass is 248 g/mol. The molecule has 18 heavy (non-hydrogen) atoms. The Bertz CT molecular complexity index is 341. The molecular formula is C14H24N4. The van der Waals surface area contributed by atoms with Gasteiger partial charge in [0.25, 0.3) is 0 Å². The molecule has 0 aromatic carbocycles. The summed E-state index contributed by atoms with van der Waals surface area (Å²) in [6.07, 6.45) is 10.6. The molecule has 4 nitrogen and oxygen atoms in total. The Balaban J connectivity index is 2.03. The molecule has 1 aromatic heterocycles. The molecule has 0 aliphatic heterocycles. The third-order valence-electron chi connectivity index (χ3n) is 4.03. The van der Waals surface area contributed by atoms with Crippen molar-refractivity contribution >= 4 is 0 Å². The SMILES string of the molecule is CCN(Cc1cnccn1)C1CCCCC1CN. The van der Waals surface area contributed by atoms with E-state index in [-0.39, 0.29) is 0 Å². The number of nitrogens with zero attached hydrogens (tertiary/aromatic N) is 3. The number of hydrogen-bond donors (Lipinski definition) is 1. The van der Waals surface area contributed by atoms with Crippen molar-refractivity contribution in [3.63, 3.8) is 0 Å². The summed E-state index contributed by atoms with van der Waals surface area (Å²) in [7, 11) is 0. The third kappa shape index (κ3) is 3.27. The molecule has 100 valence electrons. The Morgan fingerprint density at radius 3 is 2.83 bits per heavy atom. The van der Waals surface area contributed by atoms with Gasteiger partial charge in [0.2, 0.25) is 0 Å². The van der Waals surface area contributed by atoms with E-state index >= 15 is 0 Å². The summed E-state index contributed by atoms with van der Waals surface area (Å²) in [5, 5.41) is 0. The van der Waals surface area contributed by atoms with Crippen LogP contribution in [0.25, 0.3) is 0 Å². The lowest BCUT2D eigenvalue weighted by Crippen LogP contribution is -2.44. The standard InChI is InChI=1S/C14H24N4/c1-2-18(11-13-10-16-7-8-17-13)14-6-4-3-5-12(14)9-15/h7-8,10,12,14H,2-6,9,11,15H2,1H3. The van der Waals surface area contributed by atoms with Crippen molar-refractivity contribution in [1.82, 2.24) is 14.9 Å². The van der Waals surface area contributed by atoms with E-state index in [2.05, 4.69) is 21.8 Å². The number of rotatable bonds is 5. The van der Waals surface area contributed by atoms with E-state index in [1.54, 1.807) is 12.4 Å². The van der Waals surface area contributed by atoms with Crippen LogP contribution in [0.5, 0.6) is 0 Å². The van der Waals surface area contributed by atoms with E-state index < -0.39 is 0 Å². The Morgan fingerprint density at radius 2 is 2.17 bits per heavy atom. The average molecular weight is 248 g/mol. The highest BCUT2D eigenvalue weighted by Gasteiger charge is 2.28. The molecule has 1 saturated carbocycles. The summed E-state index contributed by atoms with van der Waals surface area (Å²) in [6.45, 7) is 4.98. The second kappa shape index (κ2) is 6.81. The van der Waals surface area contributed by atoms with Gasteiger partial charge in [-0.1, -0.05) is 19.8 Å². The summed E-state index contributed by atoms with van der Waals surface area (Å²) in [4.78, 5) is 11.0. The summed E-state index contributed by atoms with van der Waals surface area (Å²) in [6, 6.07) is 0.621. The summed E-state index contributed by atoms with van der Waals surface area (Å²) < 4.78 is 0. The minimum atomic E-state index is 0.621. The largest absolute Gasteiger partial charge is 0.330 e. The fraction of sp³-hybridized carbons (Fsp3) is 0.714. The first-order chi connectivity index (χ1) is 8.85. The lowest BCUT2D eigenvalue weighted by Gasteiger charge is -2.39. The molecule has 2 N–H and O–H groups in total. The first-order valence-corrected chi connectivity index (χ1v) is 7.04. The van der Waals surface area contributed by atoms with Crippen molar-refractivity contribution in [3.05, 3.63) is 24.3 Å². The van der Waals surface area contributed by atoms with E-state index in [0.29, 0.717) is 12.0 Å². The van der Waals surface area contributed by atoms with E-state index in [1.807, 2.05) is 6.20 Å². The quantitative estimate of drug-likeness (QED) is 0.863. The van der Waals surface area contributed by atoms with E-state index in [9.17, 15) is 0 Å². The van der Waals surface area contributed by atoms with Gasteiger partial charge in [-0.2, -0.15) is 0 Å². The topological polar surface area (TPSA) is 55.0 Å². The first-order valence-electron chi connectivity index (χ1n) is 7.04. The summed E-state index contributed by atoms with van der Waals surface area (Å²) in [5.74, 6) is 0.648. The molecule has 0 amide bonds. The van der Waals surface area contributed by atoms with Crippen molar-refractivity contribution in [2.45, 2.75) is 45.2 Å². The smallest absolute Gasteiger partial charge is 0.0726 e. The van der Waals surface area contributed by atoms with Crippen LogP contribution in [-0.2, 0) is 6.54 Å². The van der Waals surface area contributed by atoms with Crippen LogP contribution in [-0.4, -0.2) is 34.0 Å². The van der Waals surface area contributed by atoms with Crippen molar-refractivity contribution in [1.29, 1.82) is 0 Å². The van der Waals surface area contributed by atoms with Gasteiger partial charge in [-0.05, 0) is 31.8 Å². The zero-order valence-electron chi connectivity index (χ0n) is 11.3. The maximum absolute atomic E-state index is 5.92. The lowest BCUT2D eigenvalue weighted by molar-refractivity contribution is 0.104. The average Bonchev–Trinajstić information content (AvgIpc) is 2.46. The van der Waals surface area contributed by atoms with E-state index in [0.717, 1.165) is 25.3 Å². The van der Waals surface area contributed by atoms with Gasteiger partial charge >= 0.3 is 0 Å².